The van der Waals surface area contributed by atoms with E-state index in [0.29, 0.717) is 13.0 Å². The summed E-state index contributed by atoms with van der Waals surface area (Å²) < 4.78 is 5.44. The molecule has 114 valence electrons. The Hall–Kier alpha value is -1.10. The number of piperidine rings is 1. The zero-order valence-corrected chi connectivity index (χ0v) is 12.4. The lowest BCUT2D eigenvalue weighted by Crippen LogP contribution is -2.49. The van der Waals surface area contributed by atoms with Gasteiger partial charge in [-0.05, 0) is 32.1 Å². The Labute approximate surface area is 121 Å². The summed E-state index contributed by atoms with van der Waals surface area (Å²) in [6.45, 7) is 4.26. The smallest absolute Gasteiger partial charge is 0.251 e. The van der Waals surface area contributed by atoms with Gasteiger partial charge in [0, 0.05) is 32.2 Å². The van der Waals surface area contributed by atoms with Crippen molar-refractivity contribution in [1.29, 1.82) is 0 Å². The molecule has 1 N–H and O–H groups in total. The minimum absolute atomic E-state index is 0.137. The largest absolute Gasteiger partial charge is 0.368 e. The first kappa shape index (κ1) is 15.3. The van der Waals surface area contributed by atoms with Crippen molar-refractivity contribution in [3.8, 4) is 0 Å². The number of ether oxygens (including phenoxy) is 1. The van der Waals surface area contributed by atoms with E-state index in [1.165, 1.54) is 0 Å². The van der Waals surface area contributed by atoms with Gasteiger partial charge in [0.1, 0.15) is 6.10 Å². The third-order valence-corrected chi connectivity index (χ3v) is 4.13. The highest BCUT2D eigenvalue weighted by molar-refractivity contribution is 5.81. The van der Waals surface area contributed by atoms with Crippen LogP contribution in [0.4, 0.5) is 0 Å². The predicted molar refractivity (Wildman–Crippen MR) is 76.2 cm³/mol. The zero-order chi connectivity index (χ0) is 14.4. The molecule has 1 atom stereocenters. The molecular formula is C15H26N2O3. The van der Waals surface area contributed by atoms with Gasteiger partial charge in [-0.25, -0.2) is 0 Å². The summed E-state index contributed by atoms with van der Waals surface area (Å²) in [5.41, 5.74) is 0. The molecule has 5 heteroatoms. The monoisotopic (exact) mass is 282 g/mol. The summed E-state index contributed by atoms with van der Waals surface area (Å²) in [4.78, 5) is 25.8. The number of carbonyl (C=O) groups is 2. The van der Waals surface area contributed by atoms with E-state index >= 15 is 0 Å². The van der Waals surface area contributed by atoms with Crippen molar-refractivity contribution >= 4 is 11.8 Å². The maximum absolute atomic E-state index is 12.2. The predicted octanol–water partition coefficient (Wildman–Crippen LogP) is 1.46. The number of unbranched alkanes of at least 4 members (excludes halogenated alkanes) is 1. The number of amides is 2. The van der Waals surface area contributed by atoms with E-state index in [1.54, 1.807) is 0 Å². The molecule has 0 aromatic heterocycles. The summed E-state index contributed by atoms with van der Waals surface area (Å²) in [6.07, 6.45) is 5.94. The van der Waals surface area contributed by atoms with Crippen LogP contribution < -0.4 is 5.32 Å². The van der Waals surface area contributed by atoms with E-state index in [0.717, 1.165) is 51.6 Å². The van der Waals surface area contributed by atoms with Crippen LogP contribution in [0.25, 0.3) is 0 Å². The van der Waals surface area contributed by atoms with Crippen LogP contribution in [0.5, 0.6) is 0 Å². The van der Waals surface area contributed by atoms with Crippen molar-refractivity contribution in [3.63, 3.8) is 0 Å². The molecule has 0 spiro atoms. The van der Waals surface area contributed by atoms with Gasteiger partial charge in [0.25, 0.3) is 5.91 Å². The topological polar surface area (TPSA) is 58.6 Å². The van der Waals surface area contributed by atoms with Gasteiger partial charge in [-0.1, -0.05) is 13.3 Å². The Kier molecular flexibility index (Phi) is 5.83. The molecule has 2 aliphatic rings. The molecule has 2 aliphatic heterocycles. The molecule has 0 saturated carbocycles. The summed E-state index contributed by atoms with van der Waals surface area (Å²) in [5, 5.41) is 3.07. The Balaban J connectivity index is 1.69. The Morgan fingerprint density at radius 1 is 1.25 bits per heavy atom. The van der Waals surface area contributed by atoms with Crippen LogP contribution in [-0.4, -0.2) is 48.6 Å². The highest BCUT2D eigenvalue weighted by atomic mass is 16.5. The van der Waals surface area contributed by atoms with Crippen LogP contribution in [0.2, 0.25) is 0 Å². The lowest BCUT2D eigenvalue weighted by Gasteiger charge is -2.33. The average Bonchev–Trinajstić information content (AvgIpc) is 2.99. The lowest BCUT2D eigenvalue weighted by molar-refractivity contribution is -0.142. The number of carbonyl (C=O) groups excluding carboxylic acids is 2. The zero-order valence-electron chi connectivity index (χ0n) is 12.4. The minimum Gasteiger partial charge on any atom is -0.368 e. The maximum atomic E-state index is 12.2. The number of rotatable bonds is 5. The van der Waals surface area contributed by atoms with Gasteiger partial charge in [0.2, 0.25) is 5.91 Å². The van der Waals surface area contributed by atoms with Crippen molar-refractivity contribution < 1.29 is 14.3 Å². The molecule has 2 saturated heterocycles. The number of nitrogens with zero attached hydrogens (tertiary/aromatic N) is 1. The first-order valence-electron chi connectivity index (χ1n) is 7.90. The van der Waals surface area contributed by atoms with E-state index in [-0.39, 0.29) is 24.0 Å². The summed E-state index contributed by atoms with van der Waals surface area (Å²) in [5.74, 6) is 0.286. The standard InChI is InChI=1S/C15H26N2O3/c1-2-3-6-14(18)16-12-7-9-17(10-8-12)15(19)13-5-4-11-20-13/h12-13H,2-11H2,1H3,(H,16,18). The van der Waals surface area contributed by atoms with Gasteiger partial charge in [-0.2, -0.15) is 0 Å². The lowest BCUT2D eigenvalue weighted by atomic mass is 10.0. The summed E-state index contributed by atoms with van der Waals surface area (Å²) >= 11 is 0. The van der Waals surface area contributed by atoms with E-state index in [4.69, 9.17) is 4.74 Å². The van der Waals surface area contributed by atoms with Crippen LogP contribution in [-0.2, 0) is 14.3 Å². The molecule has 5 nitrogen and oxygen atoms in total. The Morgan fingerprint density at radius 3 is 2.60 bits per heavy atom. The van der Waals surface area contributed by atoms with Crippen LogP contribution in [0.15, 0.2) is 0 Å². The molecule has 20 heavy (non-hydrogen) atoms. The second-order valence-electron chi connectivity index (χ2n) is 5.77. The number of likely N-dealkylation sites (tertiary alicyclic amines) is 1. The van der Waals surface area contributed by atoms with Crippen molar-refractivity contribution in [3.05, 3.63) is 0 Å². The number of hydrogen-bond donors (Lipinski definition) is 1. The molecule has 0 radical (unpaired) electrons. The minimum atomic E-state index is -0.217. The van der Waals surface area contributed by atoms with Gasteiger partial charge in [-0.15, -0.1) is 0 Å². The molecule has 2 heterocycles. The van der Waals surface area contributed by atoms with Gasteiger partial charge in [-0.3, -0.25) is 9.59 Å². The maximum Gasteiger partial charge on any atom is 0.251 e. The normalized spacial score (nSPS) is 23.9. The van der Waals surface area contributed by atoms with Crippen LogP contribution in [0.3, 0.4) is 0 Å². The highest BCUT2D eigenvalue weighted by Crippen LogP contribution is 2.18. The van der Waals surface area contributed by atoms with E-state index in [2.05, 4.69) is 12.2 Å². The van der Waals surface area contributed by atoms with Crippen molar-refractivity contribution in [1.82, 2.24) is 10.2 Å². The summed E-state index contributed by atoms with van der Waals surface area (Å²) in [7, 11) is 0. The average molecular weight is 282 g/mol. The van der Waals surface area contributed by atoms with Crippen molar-refractivity contribution in [2.24, 2.45) is 0 Å². The molecule has 0 aromatic carbocycles. The van der Waals surface area contributed by atoms with Gasteiger partial charge < -0.3 is 15.0 Å². The summed E-state index contributed by atoms with van der Waals surface area (Å²) in [6, 6.07) is 0.230. The molecule has 2 fully saturated rings. The SMILES string of the molecule is CCCCC(=O)NC1CCN(C(=O)C2CCCO2)CC1. The van der Waals surface area contributed by atoms with Crippen LogP contribution in [0, 0.1) is 0 Å². The molecule has 0 aromatic rings. The van der Waals surface area contributed by atoms with Crippen molar-refractivity contribution in [2.45, 2.75) is 64.0 Å². The van der Waals surface area contributed by atoms with E-state index in [1.807, 2.05) is 4.90 Å². The fraction of sp³-hybridized carbons (Fsp3) is 0.867. The molecule has 0 aliphatic carbocycles. The third kappa shape index (κ3) is 4.20. The Morgan fingerprint density at radius 2 is 2.00 bits per heavy atom. The van der Waals surface area contributed by atoms with E-state index in [9.17, 15) is 9.59 Å². The van der Waals surface area contributed by atoms with Gasteiger partial charge >= 0.3 is 0 Å². The van der Waals surface area contributed by atoms with Crippen molar-refractivity contribution in [2.75, 3.05) is 19.7 Å². The quantitative estimate of drug-likeness (QED) is 0.830. The highest BCUT2D eigenvalue weighted by Gasteiger charge is 2.31. The fourth-order valence-corrected chi connectivity index (χ4v) is 2.86. The Bertz CT molecular complexity index is 332. The first-order chi connectivity index (χ1) is 9.70. The molecule has 2 rings (SSSR count). The number of nitrogens with one attached hydrogen (secondary N) is 1. The van der Waals surface area contributed by atoms with Crippen LogP contribution >= 0.6 is 0 Å². The second-order valence-corrected chi connectivity index (χ2v) is 5.77. The van der Waals surface area contributed by atoms with E-state index < -0.39 is 0 Å². The molecule has 2 amide bonds. The molecular weight excluding hydrogens is 256 g/mol. The fourth-order valence-electron chi connectivity index (χ4n) is 2.86. The third-order valence-electron chi connectivity index (χ3n) is 4.13. The van der Waals surface area contributed by atoms with Gasteiger partial charge in [0.15, 0.2) is 0 Å². The molecule has 1 unspecified atom stereocenters. The first-order valence-corrected chi connectivity index (χ1v) is 7.90. The van der Waals surface area contributed by atoms with Crippen LogP contribution in [0.1, 0.15) is 51.9 Å². The van der Waals surface area contributed by atoms with Gasteiger partial charge in [0.05, 0.1) is 0 Å². The number of hydrogen-bond acceptors (Lipinski definition) is 3. The second kappa shape index (κ2) is 7.62. The molecule has 0 bridgehead atoms.